The van der Waals surface area contributed by atoms with E-state index in [1.54, 1.807) is 24.3 Å². The number of nitrogens with zero attached hydrogens (tertiary/aromatic N) is 1. The summed E-state index contributed by atoms with van der Waals surface area (Å²) in [6, 6.07) is 7.07. The summed E-state index contributed by atoms with van der Waals surface area (Å²) in [5.41, 5.74) is 0.878. The minimum absolute atomic E-state index is 0.0817. The van der Waals surface area contributed by atoms with Crippen molar-refractivity contribution >= 4 is 23.4 Å². The van der Waals surface area contributed by atoms with Crippen LogP contribution < -0.4 is 0 Å². The van der Waals surface area contributed by atoms with Gasteiger partial charge < -0.3 is 5.11 Å². The standard InChI is InChI=1S/C13H12ClNO3/c14-8-3-1-7(2-4-8)5-15-12(17)10-9(6-16)11(10)13(15)18/h1-4,9-11,16H,5-6H2. The predicted octanol–water partition coefficient (Wildman–Crippen LogP) is 1.06. The van der Waals surface area contributed by atoms with Gasteiger partial charge in [0.05, 0.1) is 18.4 Å². The van der Waals surface area contributed by atoms with E-state index in [2.05, 4.69) is 0 Å². The Morgan fingerprint density at radius 3 is 2.17 bits per heavy atom. The molecule has 94 valence electrons. The van der Waals surface area contributed by atoms with Gasteiger partial charge in [-0.2, -0.15) is 0 Å². The van der Waals surface area contributed by atoms with Gasteiger partial charge in [-0.15, -0.1) is 0 Å². The van der Waals surface area contributed by atoms with Crippen LogP contribution in [0.4, 0.5) is 0 Å². The number of hydrogen-bond acceptors (Lipinski definition) is 3. The van der Waals surface area contributed by atoms with E-state index in [1.807, 2.05) is 0 Å². The monoisotopic (exact) mass is 265 g/mol. The summed E-state index contributed by atoms with van der Waals surface area (Å²) in [7, 11) is 0. The van der Waals surface area contributed by atoms with E-state index < -0.39 is 0 Å². The Labute approximate surface area is 109 Å². The van der Waals surface area contributed by atoms with Crippen molar-refractivity contribution in [2.75, 3.05) is 6.61 Å². The number of imide groups is 1. The molecule has 2 amide bonds. The van der Waals surface area contributed by atoms with Crippen LogP contribution in [0, 0.1) is 17.8 Å². The van der Waals surface area contributed by atoms with Gasteiger partial charge in [-0.1, -0.05) is 23.7 Å². The normalized spacial score (nSPS) is 29.7. The summed E-state index contributed by atoms with van der Waals surface area (Å²) < 4.78 is 0. The predicted molar refractivity (Wildman–Crippen MR) is 64.6 cm³/mol. The lowest BCUT2D eigenvalue weighted by molar-refractivity contribution is -0.143. The minimum atomic E-state index is -0.283. The number of amides is 2. The molecule has 2 atom stereocenters. The number of carbonyl (C=O) groups is 2. The van der Waals surface area contributed by atoms with Gasteiger partial charge in [0.15, 0.2) is 0 Å². The fourth-order valence-corrected chi connectivity index (χ4v) is 2.80. The number of halogens is 1. The Hall–Kier alpha value is -1.39. The van der Waals surface area contributed by atoms with Gasteiger partial charge in [-0.05, 0) is 17.7 Å². The Morgan fingerprint density at radius 2 is 1.67 bits per heavy atom. The summed E-state index contributed by atoms with van der Waals surface area (Å²) in [6.07, 6.45) is 0. The molecule has 2 unspecified atom stereocenters. The van der Waals surface area contributed by atoms with Crippen molar-refractivity contribution in [3.8, 4) is 0 Å². The number of fused-ring (bicyclic) bond motifs is 1. The molecule has 1 aliphatic carbocycles. The average molecular weight is 266 g/mol. The molecule has 5 heteroatoms. The molecule has 2 fully saturated rings. The highest BCUT2D eigenvalue weighted by molar-refractivity contribution is 6.30. The number of hydrogen-bond donors (Lipinski definition) is 1. The lowest BCUT2D eigenvalue weighted by atomic mass is 10.2. The Morgan fingerprint density at radius 1 is 1.11 bits per heavy atom. The molecule has 0 aromatic heterocycles. The van der Waals surface area contributed by atoms with E-state index in [-0.39, 0.29) is 36.2 Å². The molecule has 1 aliphatic heterocycles. The molecule has 18 heavy (non-hydrogen) atoms. The zero-order chi connectivity index (χ0) is 12.9. The third kappa shape index (κ3) is 1.64. The average Bonchev–Trinajstić information content (AvgIpc) is 3.05. The van der Waals surface area contributed by atoms with Crippen molar-refractivity contribution in [3.63, 3.8) is 0 Å². The van der Waals surface area contributed by atoms with E-state index in [1.165, 1.54) is 4.90 Å². The smallest absolute Gasteiger partial charge is 0.233 e. The number of rotatable bonds is 3. The molecule has 0 bridgehead atoms. The minimum Gasteiger partial charge on any atom is -0.396 e. The maximum atomic E-state index is 12.0. The molecule has 1 saturated carbocycles. The molecule has 2 aliphatic rings. The highest BCUT2D eigenvalue weighted by atomic mass is 35.5. The summed E-state index contributed by atoms with van der Waals surface area (Å²) in [5.74, 6) is -1.02. The molecule has 1 aromatic rings. The molecule has 1 saturated heterocycles. The van der Waals surface area contributed by atoms with Gasteiger partial charge in [0, 0.05) is 17.5 Å². The van der Waals surface area contributed by atoms with Gasteiger partial charge in [0.1, 0.15) is 0 Å². The molecule has 0 spiro atoms. The van der Waals surface area contributed by atoms with Crippen LogP contribution in [0.25, 0.3) is 0 Å². The summed E-state index contributed by atoms with van der Waals surface area (Å²) in [5, 5.41) is 9.64. The number of benzene rings is 1. The fourth-order valence-electron chi connectivity index (χ4n) is 2.67. The van der Waals surface area contributed by atoms with Gasteiger partial charge >= 0.3 is 0 Å². The van der Waals surface area contributed by atoms with Gasteiger partial charge in [0.25, 0.3) is 0 Å². The highest BCUT2D eigenvalue weighted by Gasteiger charge is 2.66. The van der Waals surface area contributed by atoms with Crippen LogP contribution in [-0.4, -0.2) is 28.4 Å². The lowest BCUT2D eigenvalue weighted by Gasteiger charge is -2.17. The van der Waals surface area contributed by atoms with E-state index >= 15 is 0 Å². The first-order chi connectivity index (χ1) is 8.63. The van der Waals surface area contributed by atoms with Gasteiger partial charge in [-0.25, -0.2) is 0 Å². The fraction of sp³-hybridized carbons (Fsp3) is 0.385. The SMILES string of the molecule is O=C1C2C(CO)C2C(=O)N1Cc1ccc(Cl)cc1. The van der Waals surface area contributed by atoms with Crippen LogP contribution in [0.1, 0.15) is 5.56 Å². The largest absolute Gasteiger partial charge is 0.396 e. The topological polar surface area (TPSA) is 57.6 Å². The lowest BCUT2D eigenvalue weighted by Crippen LogP contribution is -2.34. The van der Waals surface area contributed by atoms with E-state index in [0.717, 1.165) is 5.56 Å². The number of aliphatic hydroxyl groups is 1. The van der Waals surface area contributed by atoms with Crippen LogP contribution in [0.5, 0.6) is 0 Å². The second-order valence-electron chi connectivity index (χ2n) is 4.79. The first-order valence-electron chi connectivity index (χ1n) is 5.84. The van der Waals surface area contributed by atoms with Crippen molar-refractivity contribution in [3.05, 3.63) is 34.9 Å². The highest BCUT2D eigenvalue weighted by Crippen LogP contribution is 2.53. The third-order valence-electron chi connectivity index (χ3n) is 3.74. The molecule has 1 aromatic carbocycles. The summed E-state index contributed by atoms with van der Waals surface area (Å²) in [6.45, 7) is 0.210. The Balaban J connectivity index is 1.74. The number of likely N-dealkylation sites (tertiary alicyclic amines) is 1. The molecular weight excluding hydrogens is 254 g/mol. The molecule has 1 heterocycles. The van der Waals surface area contributed by atoms with Crippen molar-refractivity contribution in [2.24, 2.45) is 17.8 Å². The maximum Gasteiger partial charge on any atom is 0.233 e. The third-order valence-corrected chi connectivity index (χ3v) is 3.99. The first-order valence-corrected chi connectivity index (χ1v) is 6.22. The zero-order valence-electron chi connectivity index (χ0n) is 9.54. The van der Waals surface area contributed by atoms with Crippen LogP contribution in [0.15, 0.2) is 24.3 Å². The van der Waals surface area contributed by atoms with Crippen LogP contribution in [-0.2, 0) is 16.1 Å². The van der Waals surface area contributed by atoms with E-state index in [0.29, 0.717) is 11.6 Å². The van der Waals surface area contributed by atoms with Crippen LogP contribution in [0.2, 0.25) is 5.02 Å². The Kier molecular flexibility index (Phi) is 2.64. The first kappa shape index (κ1) is 11.7. The molecular formula is C13H12ClNO3. The molecule has 4 nitrogen and oxygen atoms in total. The van der Waals surface area contributed by atoms with E-state index in [9.17, 15) is 9.59 Å². The zero-order valence-corrected chi connectivity index (χ0v) is 10.3. The van der Waals surface area contributed by atoms with Gasteiger partial charge in [0.2, 0.25) is 11.8 Å². The molecule has 0 radical (unpaired) electrons. The second kappa shape index (κ2) is 4.07. The number of carbonyl (C=O) groups excluding carboxylic acids is 2. The maximum absolute atomic E-state index is 12.0. The second-order valence-corrected chi connectivity index (χ2v) is 5.22. The van der Waals surface area contributed by atoms with E-state index in [4.69, 9.17) is 16.7 Å². The summed E-state index contributed by atoms with van der Waals surface area (Å²) >= 11 is 5.78. The van der Waals surface area contributed by atoms with Crippen molar-refractivity contribution in [1.82, 2.24) is 4.90 Å². The number of piperidine rings is 1. The summed E-state index contributed by atoms with van der Waals surface area (Å²) in [4.78, 5) is 25.2. The van der Waals surface area contributed by atoms with Crippen LogP contribution >= 0.6 is 11.6 Å². The Bertz CT molecular complexity index is 491. The quantitative estimate of drug-likeness (QED) is 0.832. The van der Waals surface area contributed by atoms with Gasteiger partial charge in [-0.3, -0.25) is 14.5 Å². The molecule has 3 rings (SSSR count). The number of aliphatic hydroxyl groups excluding tert-OH is 1. The van der Waals surface area contributed by atoms with Crippen molar-refractivity contribution in [1.29, 1.82) is 0 Å². The van der Waals surface area contributed by atoms with Crippen LogP contribution in [0.3, 0.4) is 0 Å². The van der Waals surface area contributed by atoms with Crippen molar-refractivity contribution < 1.29 is 14.7 Å². The van der Waals surface area contributed by atoms with Crippen molar-refractivity contribution in [2.45, 2.75) is 6.54 Å². The molecule has 1 N–H and O–H groups in total.